The topological polar surface area (TPSA) is 78.7 Å². The van der Waals surface area contributed by atoms with Crippen LogP contribution in [-0.4, -0.2) is 24.3 Å². The van der Waals surface area contributed by atoms with Crippen LogP contribution in [0.5, 0.6) is 0 Å². The number of rotatable bonds is 4. The molecule has 0 spiro atoms. The van der Waals surface area contributed by atoms with Crippen molar-refractivity contribution in [1.82, 2.24) is 24.3 Å². The van der Waals surface area contributed by atoms with Gasteiger partial charge in [0.25, 0.3) is 5.56 Å². The number of aryl methyl sites for hydroxylation is 2. The Balaban J connectivity index is 1.79. The standard InChI is InChI=1S/C13H10F3N5O2/c14-13(15,16)12-18-11(19-23-12)9-1-3-21(10(22)7-9)6-5-20-4-2-17-8-20/h1-4,7-8H,5-6H2. The van der Waals surface area contributed by atoms with E-state index in [1.165, 1.54) is 22.9 Å². The molecule has 3 heterocycles. The molecule has 0 saturated carbocycles. The Kier molecular flexibility index (Phi) is 3.72. The van der Waals surface area contributed by atoms with E-state index >= 15 is 0 Å². The predicted molar refractivity (Wildman–Crippen MR) is 71.2 cm³/mol. The normalized spacial score (nSPS) is 11.8. The Morgan fingerprint density at radius 3 is 2.65 bits per heavy atom. The van der Waals surface area contributed by atoms with Crippen LogP contribution in [-0.2, 0) is 19.3 Å². The van der Waals surface area contributed by atoms with Gasteiger partial charge in [-0.15, -0.1) is 0 Å². The molecule has 23 heavy (non-hydrogen) atoms. The van der Waals surface area contributed by atoms with Crippen molar-refractivity contribution < 1.29 is 17.7 Å². The van der Waals surface area contributed by atoms with E-state index in [2.05, 4.69) is 19.6 Å². The van der Waals surface area contributed by atoms with E-state index < -0.39 is 12.1 Å². The lowest BCUT2D eigenvalue weighted by Gasteiger charge is -2.06. The highest BCUT2D eigenvalue weighted by Crippen LogP contribution is 2.28. The first-order chi connectivity index (χ1) is 10.9. The van der Waals surface area contributed by atoms with Crippen molar-refractivity contribution in [3.05, 3.63) is 53.3 Å². The van der Waals surface area contributed by atoms with E-state index in [-0.39, 0.29) is 16.9 Å². The second kappa shape index (κ2) is 5.71. The first-order valence-electron chi connectivity index (χ1n) is 6.51. The molecule has 0 aliphatic carbocycles. The van der Waals surface area contributed by atoms with Gasteiger partial charge in [-0.1, -0.05) is 5.16 Å². The van der Waals surface area contributed by atoms with E-state index in [0.29, 0.717) is 13.1 Å². The highest BCUT2D eigenvalue weighted by Gasteiger charge is 2.38. The van der Waals surface area contributed by atoms with Gasteiger partial charge in [0.05, 0.1) is 6.33 Å². The number of pyridine rings is 1. The van der Waals surface area contributed by atoms with Gasteiger partial charge in [0.1, 0.15) is 0 Å². The number of halogens is 3. The molecule has 120 valence electrons. The van der Waals surface area contributed by atoms with Gasteiger partial charge in [0, 0.05) is 43.3 Å². The van der Waals surface area contributed by atoms with Crippen LogP contribution in [0.15, 0.2) is 46.4 Å². The molecule has 0 N–H and O–H groups in total. The molecule has 0 bridgehead atoms. The molecular formula is C13H10F3N5O2. The van der Waals surface area contributed by atoms with E-state index in [9.17, 15) is 18.0 Å². The lowest BCUT2D eigenvalue weighted by atomic mass is 10.2. The SMILES string of the molecule is O=c1cc(-c2noc(C(F)(F)F)n2)ccn1CCn1ccnc1. The van der Waals surface area contributed by atoms with Crippen LogP contribution in [0.25, 0.3) is 11.4 Å². The first-order valence-corrected chi connectivity index (χ1v) is 6.51. The van der Waals surface area contributed by atoms with Gasteiger partial charge in [-0.05, 0) is 6.07 Å². The summed E-state index contributed by atoms with van der Waals surface area (Å²) >= 11 is 0. The van der Waals surface area contributed by atoms with Gasteiger partial charge in [0.2, 0.25) is 5.82 Å². The molecule has 0 aromatic carbocycles. The van der Waals surface area contributed by atoms with Gasteiger partial charge in [-0.3, -0.25) is 4.79 Å². The summed E-state index contributed by atoms with van der Waals surface area (Å²) in [4.78, 5) is 19.1. The third-order valence-electron chi connectivity index (χ3n) is 3.08. The summed E-state index contributed by atoms with van der Waals surface area (Å²) in [5.41, 5.74) is -0.214. The van der Waals surface area contributed by atoms with Crippen molar-refractivity contribution in [1.29, 1.82) is 0 Å². The van der Waals surface area contributed by atoms with E-state index in [1.807, 2.05) is 0 Å². The van der Waals surface area contributed by atoms with E-state index in [4.69, 9.17) is 0 Å². The molecule has 3 aromatic rings. The number of hydrogen-bond acceptors (Lipinski definition) is 5. The molecule has 0 amide bonds. The van der Waals surface area contributed by atoms with Crippen LogP contribution in [0, 0.1) is 0 Å². The average molecular weight is 325 g/mol. The number of aromatic nitrogens is 5. The van der Waals surface area contributed by atoms with E-state index in [1.54, 1.807) is 23.3 Å². The molecule has 0 radical (unpaired) electrons. The van der Waals surface area contributed by atoms with Crippen LogP contribution >= 0.6 is 0 Å². The van der Waals surface area contributed by atoms with Crippen molar-refractivity contribution in [3.8, 4) is 11.4 Å². The molecule has 0 aliphatic heterocycles. The smallest absolute Gasteiger partial charge is 0.336 e. The third-order valence-corrected chi connectivity index (χ3v) is 3.08. The molecule has 3 aromatic heterocycles. The quantitative estimate of drug-likeness (QED) is 0.731. The summed E-state index contributed by atoms with van der Waals surface area (Å²) in [5, 5.41) is 3.24. The summed E-state index contributed by atoms with van der Waals surface area (Å²) in [7, 11) is 0. The fourth-order valence-corrected chi connectivity index (χ4v) is 1.93. The Hall–Kier alpha value is -2.91. The van der Waals surface area contributed by atoms with Crippen molar-refractivity contribution >= 4 is 0 Å². The summed E-state index contributed by atoms with van der Waals surface area (Å²) in [5.74, 6) is -1.73. The predicted octanol–water partition coefficient (Wildman–Crippen LogP) is 1.81. The van der Waals surface area contributed by atoms with Crippen LogP contribution in [0.4, 0.5) is 13.2 Å². The largest absolute Gasteiger partial charge is 0.471 e. The average Bonchev–Trinajstić information content (AvgIpc) is 3.17. The van der Waals surface area contributed by atoms with E-state index in [0.717, 1.165) is 0 Å². The fourth-order valence-electron chi connectivity index (χ4n) is 1.93. The Morgan fingerprint density at radius 1 is 1.22 bits per heavy atom. The maximum Gasteiger partial charge on any atom is 0.471 e. The van der Waals surface area contributed by atoms with Crippen LogP contribution in [0.1, 0.15) is 5.89 Å². The highest BCUT2D eigenvalue weighted by atomic mass is 19.4. The molecule has 0 atom stereocenters. The molecule has 0 fully saturated rings. The Labute approximate surface area is 127 Å². The van der Waals surface area contributed by atoms with Crippen molar-refractivity contribution in [2.24, 2.45) is 0 Å². The zero-order valence-corrected chi connectivity index (χ0v) is 11.6. The second-order valence-corrected chi connectivity index (χ2v) is 4.67. The number of imidazole rings is 1. The van der Waals surface area contributed by atoms with Crippen LogP contribution < -0.4 is 5.56 Å². The van der Waals surface area contributed by atoms with Gasteiger partial charge >= 0.3 is 12.1 Å². The van der Waals surface area contributed by atoms with Crippen LogP contribution in [0.2, 0.25) is 0 Å². The van der Waals surface area contributed by atoms with Crippen molar-refractivity contribution in [2.75, 3.05) is 0 Å². The lowest BCUT2D eigenvalue weighted by molar-refractivity contribution is -0.159. The molecule has 0 aliphatic rings. The molecule has 3 rings (SSSR count). The first kappa shape index (κ1) is 15.0. The summed E-state index contributed by atoms with van der Waals surface area (Å²) in [6.07, 6.45) is 1.76. The van der Waals surface area contributed by atoms with Crippen molar-refractivity contribution in [3.63, 3.8) is 0 Å². The minimum Gasteiger partial charge on any atom is -0.336 e. The van der Waals surface area contributed by atoms with Crippen LogP contribution in [0.3, 0.4) is 0 Å². The Morgan fingerprint density at radius 2 is 2.04 bits per heavy atom. The Bertz CT molecular complexity index is 851. The molecule has 0 saturated heterocycles. The number of nitrogens with zero attached hydrogens (tertiary/aromatic N) is 5. The van der Waals surface area contributed by atoms with Gasteiger partial charge in [0.15, 0.2) is 0 Å². The zero-order chi connectivity index (χ0) is 16.4. The summed E-state index contributed by atoms with van der Waals surface area (Å²) in [6, 6.07) is 2.62. The monoisotopic (exact) mass is 325 g/mol. The zero-order valence-electron chi connectivity index (χ0n) is 11.6. The molecule has 7 nitrogen and oxygen atoms in total. The summed E-state index contributed by atoms with van der Waals surface area (Å²) < 4.78 is 44.6. The number of hydrogen-bond donors (Lipinski definition) is 0. The molecule has 10 heteroatoms. The minimum atomic E-state index is -4.72. The maximum absolute atomic E-state index is 12.4. The third kappa shape index (κ3) is 3.30. The van der Waals surface area contributed by atoms with Gasteiger partial charge in [-0.25, -0.2) is 4.98 Å². The highest BCUT2D eigenvalue weighted by molar-refractivity contribution is 5.52. The fraction of sp³-hybridized carbons (Fsp3) is 0.231. The minimum absolute atomic E-state index is 0.160. The lowest BCUT2D eigenvalue weighted by Crippen LogP contribution is -2.21. The molecule has 0 unspecified atom stereocenters. The number of alkyl halides is 3. The second-order valence-electron chi connectivity index (χ2n) is 4.67. The van der Waals surface area contributed by atoms with Crippen molar-refractivity contribution in [2.45, 2.75) is 19.3 Å². The van der Waals surface area contributed by atoms with Gasteiger partial charge in [-0.2, -0.15) is 18.2 Å². The van der Waals surface area contributed by atoms with Gasteiger partial charge < -0.3 is 13.7 Å². The molecular weight excluding hydrogens is 315 g/mol. The maximum atomic E-state index is 12.4. The summed E-state index contributed by atoms with van der Waals surface area (Å²) in [6.45, 7) is 0.940.